The van der Waals surface area contributed by atoms with E-state index in [1.54, 1.807) is 17.4 Å². The van der Waals surface area contributed by atoms with E-state index in [9.17, 15) is 9.59 Å². The van der Waals surface area contributed by atoms with Gasteiger partial charge in [-0.05, 0) is 59.4 Å². The molecule has 3 heterocycles. The number of imidazole rings is 1. The molecule has 1 N–H and O–H groups in total. The maximum absolute atomic E-state index is 12.9. The first kappa shape index (κ1) is 29.3. The summed E-state index contributed by atoms with van der Waals surface area (Å²) in [5, 5.41) is 3.75. The van der Waals surface area contributed by atoms with Crippen molar-refractivity contribution in [3.63, 3.8) is 0 Å². The van der Waals surface area contributed by atoms with Gasteiger partial charge in [-0.15, -0.1) is 0 Å². The number of nitrogens with one attached hydrogen (secondary N) is 1. The molecule has 3 aromatic rings. The maximum Gasteiger partial charge on any atom is 0.409 e. The number of carbonyl (C=O) groups is 2. The molecule has 0 spiro atoms. The summed E-state index contributed by atoms with van der Waals surface area (Å²) in [5.74, 6) is -0.246. The van der Waals surface area contributed by atoms with Crippen LogP contribution in [0.25, 0.3) is 11.6 Å². The molecule has 0 bridgehead atoms. The summed E-state index contributed by atoms with van der Waals surface area (Å²) in [7, 11) is 3.40. The third kappa shape index (κ3) is 6.18. The SMILES string of the molecule is COCC(=O)NC(C1=Cc2cccnc2C(N2CCN(C(=O)OCC3(C)CC3)CC2)c2ccc(Cl)cc21)c1cncn1C. The van der Waals surface area contributed by atoms with Gasteiger partial charge in [-0.25, -0.2) is 9.78 Å². The number of methoxy groups -OCH3 is 1. The third-order valence-electron chi connectivity index (χ3n) is 8.69. The van der Waals surface area contributed by atoms with Gasteiger partial charge in [0.25, 0.3) is 0 Å². The van der Waals surface area contributed by atoms with Crippen LogP contribution >= 0.6 is 11.6 Å². The van der Waals surface area contributed by atoms with E-state index in [-0.39, 0.29) is 30.1 Å². The normalized spacial score (nSPS) is 19.9. The van der Waals surface area contributed by atoms with Gasteiger partial charge < -0.3 is 24.3 Å². The van der Waals surface area contributed by atoms with Crippen molar-refractivity contribution in [2.75, 3.05) is 46.5 Å². The van der Waals surface area contributed by atoms with Crippen LogP contribution in [0.3, 0.4) is 0 Å². The lowest BCUT2D eigenvalue weighted by Gasteiger charge is -2.39. The number of hydrogen-bond donors (Lipinski definition) is 1. The van der Waals surface area contributed by atoms with Crippen LogP contribution in [0.15, 0.2) is 49.1 Å². The van der Waals surface area contributed by atoms with Crippen molar-refractivity contribution in [2.24, 2.45) is 12.5 Å². The van der Waals surface area contributed by atoms with E-state index in [0.717, 1.165) is 46.5 Å². The summed E-state index contributed by atoms with van der Waals surface area (Å²) in [6, 6.07) is 9.15. The number of benzene rings is 1. The lowest BCUT2D eigenvalue weighted by molar-refractivity contribution is -0.125. The fourth-order valence-electron chi connectivity index (χ4n) is 5.94. The Hall–Kier alpha value is -3.73. The number of pyridine rings is 1. The Morgan fingerprint density at radius 2 is 1.98 bits per heavy atom. The summed E-state index contributed by atoms with van der Waals surface area (Å²) in [6.07, 6.45) is 9.36. The molecule has 10 nitrogen and oxygen atoms in total. The van der Waals surface area contributed by atoms with Crippen LogP contribution in [0.1, 0.15) is 59.9 Å². The smallest absolute Gasteiger partial charge is 0.409 e. The van der Waals surface area contributed by atoms with E-state index in [1.165, 1.54) is 7.11 Å². The average Bonchev–Trinajstić information content (AvgIpc) is 3.63. The van der Waals surface area contributed by atoms with Crippen LogP contribution in [0.4, 0.5) is 4.79 Å². The van der Waals surface area contributed by atoms with Crippen LogP contribution < -0.4 is 5.32 Å². The number of amides is 2. The Labute approximate surface area is 256 Å². The predicted octanol–water partition coefficient (Wildman–Crippen LogP) is 4.47. The first-order valence-corrected chi connectivity index (χ1v) is 15.0. The molecule has 6 rings (SSSR count). The average molecular weight is 605 g/mol. The minimum atomic E-state index is -0.529. The van der Waals surface area contributed by atoms with Gasteiger partial charge in [-0.1, -0.05) is 30.7 Å². The van der Waals surface area contributed by atoms with Gasteiger partial charge in [0, 0.05) is 57.0 Å². The highest BCUT2D eigenvalue weighted by Crippen LogP contribution is 2.46. The monoisotopic (exact) mass is 604 g/mol. The fraction of sp³-hybridized carbons (Fsp3) is 0.438. The number of carbonyl (C=O) groups excluding carboxylic acids is 2. The van der Waals surface area contributed by atoms with Crippen molar-refractivity contribution in [1.29, 1.82) is 0 Å². The number of aromatic nitrogens is 3. The molecule has 1 saturated heterocycles. The number of nitrogens with zero attached hydrogens (tertiary/aromatic N) is 5. The van der Waals surface area contributed by atoms with Crippen molar-refractivity contribution in [2.45, 2.75) is 31.8 Å². The van der Waals surface area contributed by atoms with Gasteiger partial charge in [0.05, 0.1) is 42.6 Å². The van der Waals surface area contributed by atoms with Gasteiger partial charge in [0.15, 0.2) is 0 Å². The summed E-state index contributed by atoms with van der Waals surface area (Å²) in [4.78, 5) is 39.2. The molecule has 2 atom stereocenters. The Bertz CT molecular complexity index is 1540. The molecule has 1 aliphatic heterocycles. The van der Waals surface area contributed by atoms with Gasteiger partial charge in [-0.3, -0.25) is 14.7 Å². The lowest BCUT2D eigenvalue weighted by Crippen LogP contribution is -2.50. The van der Waals surface area contributed by atoms with Crippen LogP contribution in [-0.4, -0.2) is 82.8 Å². The van der Waals surface area contributed by atoms with Crippen LogP contribution in [0, 0.1) is 5.41 Å². The van der Waals surface area contributed by atoms with E-state index in [1.807, 2.05) is 48.1 Å². The summed E-state index contributed by atoms with van der Waals surface area (Å²) < 4.78 is 12.7. The highest BCUT2D eigenvalue weighted by Gasteiger charge is 2.40. The van der Waals surface area contributed by atoms with Crippen molar-refractivity contribution in [3.8, 4) is 0 Å². The Kier molecular flexibility index (Phi) is 8.26. The molecular formula is C32H37ClN6O4. The molecule has 2 aromatic heterocycles. The Balaban J connectivity index is 1.36. The molecule has 43 heavy (non-hydrogen) atoms. The van der Waals surface area contributed by atoms with Crippen molar-refractivity contribution in [1.82, 2.24) is 29.7 Å². The van der Waals surface area contributed by atoms with E-state index >= 15 is 0 Å². The number of fused-ring (bicyclic) bond motifs is 2. The zero-order valence-electron chi connectivity index (χ0n) is 24.8. The molecule has 0 radical (unpaired) electrons. The first-order chi connectivity index (χ1) is 20.8. The molecule has 2 unspecified atom stereocenters. The molecule has 1 saturated carbocycles. The van der Waals surface area contributed by atoms with Gasteiger partial charge in [-0.2, -0.15) is 0 Å². The van der Waals surface area contributed by atoms with E-state index in [0.29, 0.717) is 37.8 Å². The number of aryl methyl sites for hydroxylation is 1. The highest BCUT2D eigenvalue weighted by atomic mass is 35.5. The van der Waals surface area contributed by atoms with Gasteiger partial charge in [0.2, 0.25) is 5.91 Å². The van der Waals surface area contributed by atoms with Crippen LogP contribution in [-0.2, 0) is 21.3 Å². The molecule has 3 aliphatic rings. The van der Waals surface area contributed by atoms with Gasteiger partial charge in [0.1, 0.15) is 6.61 Å². The predicted molar refractivity (Wildman–Crippen MR) is 163 cm³/mol. The zero-order valence-corrected chi connectivity index (χ0v) is 25.5. The van der Waals surface area contributed by atoms with E-state index < -0.39 is 6.04 Å². The zero-order chi connectivity index (χ0) is 30.1. The van der Waals surface area contributed by atoms with Crippen molar-refractivity contribution < 1.29 is 19.1 Å². The van der Waals surface area contributed by atoms with Crippen molar-refractivity contribution in [3.05, 3.63) is 82.2 Å². The largest absolute Gasteiger partial charge is 0.449 e. The van der Waals surface area contributed by atoms with Gasteiger partial charge >= 0.3 is 6.09 Å². The quantitative estimate of drug-likeness (QED) is 0.405. The third-order valence-corrected chi connectivity index (χ3v) is 8.92. The molecule has 11 heteroatoms. The fourth-order valence-corrected chi connectivity index (χ4v) is 6.11. The summed E-state index contributed by atoms with van der Waals surface area (Å²) in [5.41, 5.74) is 5.64. The number of ether oxygens (including phenoxy) is 2. The molecule has 2 amide bonds. The molecule has 2 aliphatic carbocycles. The molecule has 226 valence electrons. The highest BCUT2D eigenvalue weighted by molar-refractivity contribution is 6.30. The Morgan fingerprint density at radius 1 is 1.19 bits per heavy atom. The standard InChI is InChI=1S/C32H37ClN6O4/c1-32(8-9-32)19-43-31(41)39-13-11-38(12-14-39)30-23-7-6-22(33)16-24(23)25(15-21-5-4-10-35-28(21)30)29(36-27(40)18-42-3)26-17-34-20-37(26)2/h4-7,10,15-17,20,29-30H,8-9,11-14,18-19H2,1-3H3,(H,36,40). The second-order valence-electron chi connectivity index (χ2n) is 12.0. The van der Waals surface area contributed by atoms with Crippen LogP contribution in [0.5, 0.6) is 0 Å². The Morgan fingerprint density at radius 3 is 2.67 bits per heavy atom. The number of piperazine rings is 1. The lowest BCUT2D eigenvalue weighted by atomic mass is 9.89. The molecule has 2 fully saturated rings. The van der Waals surface area contributed by atoms with E-state index in [4.69, 9.17) is 26.1 Å². The minimum absolute atomic E-state index is 0.0727. The second-order valence-corrected chi connectivity index (χ2v) is 12.4. The first-order valence-electron chi connectivity index (χ1n) is 14.6. The maximum atomic E-state index is 12.9. The number of halogens is 1. The molecule has 1 aromatic carbocycles. The molecular weight excluding hydrogens is 568 g/mol. The minimum Gasteiger partial charge on any atom is -0.449 e. The summed E-state index contributed by atoms with van der Waals surface area (Å²) in [6.45, 7) is 4.98. The number of rotatable bonds is 8. The van der Waals surface area contributed by atoms with Crippen molar-refractivity contribution >= 4 is 35.3 Å². The second kappa shape index (κ2) is 12.1. The number of hydrogen-bond acceptors (Lipinski definition) is 7. The van der Waals surface area contributed by atoms with Crippen LogP contribution in [0.2, 0.25) is 5.02 Å². The topological polar surface area (TPSA) is 102 Å². The summed E-state index contributed by atoms with van der Waals surface area (Å²) >= 11 is 6.64. The van der Waals surface area contributed by atoms with E-state index in [2.05, 4.69) is 28.2 Å².